The maximum atomic E-state index is 10.6. The number of carboxylic acids is 1. The zero-order valence-electron chi connectivity index (χ0n) is 6.24. The molecular formula is C6H11NO4. The van der Waals surface area contributed by atoms with Gasteiger partial charge in [-0.1, -0.05) is 6.92 Å². The summed E-state index contributed by atoms with van der Waals surface area (Å²) in [6.07, 6.45) is 0.210. The third kappa shape index (κ3) is 4.32. The van der Waals surface area contributed by atoms with Crippen LogP contribution in [0.1, 0.15) is 19.8 Å². The van der Waals surface area contributed by atoms with Gasteiger partial charge in [0.05, 0.1) is 5.92 Å². The maximum Gasteiger partial charge on any atom is 0.327 e. The Morgan fingerprint density at radius 3 is 2.55 bits per heavy atom. The second-order valence-electron chi connectivity index (χ2n) is 2.27. The molecule has 0 aliphatic rings. The highest BCUT2D eigenvalue weighted by molar-refractivity contribution is 5.73. The number of nitrogens with two attached hydrogens (primary N) is 1. The van der Waals surface area contributed by atoms with Gasteiger partial charge in [0, 0.05) is 6.42 Å². The predicted octanol–water partition coefficient (Wildman–Crippen LogP) is -0.0958. The summed E-state index contributed by atoms with van der Waals surface area (Å²) in [6.45, 7) is 1.57. The Morgan fingerprint density at radius 2 is 2.18 bits per heavy atom. The van der Waals surface area contributed by atoms with E-state index in [1.165, 1.54) is 0 Å². The fraction of sp³-hybridized carbons (Fsp3) is 0.667. The highest BCUT2D eigenvalue weighted by Gasteiger charge is 2.14. The molecule has 0 spiro atoms. The van der Waals surface area contributed by atoms with Crippen LogP contribution in [0, 0.1) is 5.92 Å². The summed E-state index contributed by atoms with van der Waals surface area (Å²) in [5.74, 6) is 2.63. The average Bonchev–Trinajstić information content (AvgIpc) is 1.98. The summed E-state index contributed by atoms with van der Waals surface area (Å²) in [4.78, 5) is 24.5. The van der Waals surface area contributed by atoms with Gasteiger partial charge >= 0.3 is 11.9 Å². The second-order valence-corrected chi connectivity index (χ2v) is 2.27. The van der Waals surface area contributed by atoms with Crippen molar-refractivity contribution in [3.8, 4) is 0 Å². The Morgan fingerprint density at radius 1 is 1.64 bits per heavy atom. The van der Waals surface area contributed by atoms with Crippen molar-refractivity contribution in [1.82, 2.24) is 0 Å². The lowest BCUT2D eigenvalue weighted by molar-refractivity contribution is -0.149. The van der Waals surface area contributed by atoms with E-state index in [-0.39, 0.29) is 12.8 Å². The fourth-order valence-corrected chi connectivity index (χ4v) is 0.574. The lowest BCUT2D eigenvalue weighted by Crippen LogP contribution is -2.19. The largest absolute Gasteiger partial charge is 0.481 e. The zero-order valence-corrected chi connectivity index (χ0v) is 6.24. The fourth-order valence-electron chi connectivity index (χ4n) is 0.574. The van der Waals surface area contributed by atoms with Crippen molar-refractivity contribution in [1.29, 1.82) is 0 Å². The van der Waals surface area contributed by atoms with Crippen molar-refractivity contribution in [3.05, 3.63) is 0 Å². The van der Waals surface area contributed by atoms with Crippen molar-refractivity contribution in [2.24, 2.45) is 11.8 Å². The highest BCUT2D eigenvalue weighted by atomic mass is 16.7. The van der Waals surface area contributed by atoms with Gasteiger partial charge in [-0.2, -0.15) is 5.90 Å². The Kier molecular flexibility index (Phi) is 4.21. The molecule has 0 aliphatic carbocycles. The van der Waals surface area contributed by atoms with Crippen LogP contribution in [0.4, 0.5) is 0 Å². The van der Waals surface area contributed by atoms with Gasteiger partial charge in [-0.25, -0.2) is 0 Å². The van der Waals surface area contributed by atoms with Crippen LogP contribution in [0.2, 0.25) is 0 Å². The van der Waals surface area contributed by atoms with Crippen molar-refractivity contribution in [2.45, 2.75) is 19.8 Å². The van der Waals surface area contributed by atoms with Gasteiger partial charge in [0.1, 0.15) is 0 Å². The molecule has 0 fully saturated rings. The quantitative estimate of drug-likeness (QED) is 0.562. The number of aliphatic carboxylic acids is 1. The average molecular weight is 161 g/mol. The summed E-state index contributed by atoms with van der Waals surface area (Å²) >= 11 is 0. The first-order valence-electron chi connectivity index (χ1n) is 3.20. The molecule has 5 heteroatoms. The van der Waals surface area contributed by atoms with E-state index in [9.17, 15) is 9.59 Å². The number of rotatable bonds is 4. The minimum Gasteiger partial charge on any atom is -0.481 e. The molecule has 3 N–H and O–H groups in total. The smallest absolute Gasteiger partial charge is 0.327 e. The summed E-state index contributed by atoms with van der Waals surface area (Å²) in [6, 6.07) is 0. The minimum atomic E-state index is -0.929. The van der Waals surface area contributed by atoms with Crippen LogP contribution in [0.25, 0.3) is 0 Å². The molecule has 0 saturated carbocycles. The minimum absolute atomic E-state index is 0.0454. The van der Waals surface area contributed by atoms with Crippen LogP contribution in [-0.4, -0.2) is 17.0 Å². The molecule has 1 unspecified atom stereocenters. The Labute approximate surface area is 64.1 Å². The van der Waals surface area contributed by atoms with Crippen molar-refractivity contribution >= 4 is 11.9 Å². The molecule has 0 amide bonds. The van der Waals surface area contributed by atoms with E-state index in [0.29, 0.717) is 0 Å². The molecule has 0 rings (SSSR count). The van der Waals surface area contributed by atoms with E-state index in [1.807, 2.05) is 0 Å². The van der Waals surface area contributed by atoms with Gasteiger partial charge in [0.25, 0.3) is 0 Å². The zero-order chi connectivity index (χ0) is 8.85. The first-order valence-corrected chi connectivity index (χ1v) is 3.20. The first-order chi connectivity index (χ1) is 5.07. The van der Waals surface area contributed by atoms with Crippen LogP contribution in [0.5, 0.6) is 0 Å². The van der Waals surface area contributed by atoms with E-state index in [0.717, 1.165) is 0 Å². The first kappa shape index (κ1) is 9.90. The summed E-state index contributed by atoms with van der Waals surface area (Å²) in [7, 11) is 0. The monoisotopic (exact) mass is 161 g/mol. The normalized spacial score (nSPS) is 12.2. The second kappa shape index (κ2) is 4.68. The molecule has 11 heavy (non-hydrogen) atoms. The lowest BCUT2D eigenvalue weighted by atomic mass is 10.1. The van der Waals surface area contributed by atoms with Crippen LogP contribution >= 0.6 is 0 Å². The Bertz CT molecular complexity index is 157. The van der Waals surface area contributed by atoms with Gasteiger partial charge in [-0.05, 0) is 6.42 Å². The number of carbonyl (C=O) groups is 2. The molecule has 0 aromatic heterocycles. The number of hydrogen-bond donors (Lipinski definition) is 2. The van der Waals surface area contributed by atoms with Gasteiger partial charge in [0.15, 0.2) is 0 Å². The number of carbonyl (C=O) groups excluding carboxylic acids is 1. The maximum absolute atomic E-state index is 10.6. The van der Waals surface area contributed by atoms with Crippen molar-refractivity contribution < 1.29 is 19.5 Å². The number of carboxylic acid groups (broad SMARTS) is 1. The molecule has 0 aromatic rings. The van der Waals surface area contributed by atoms with Gasteiger partial charge in [-0.15, -0.1) is 0 Å². The Balaban J connectivity index is 3.60. The molecule has 0 saturated heterocycles. The molecule has 0 heterocycles. The molecule has 0 aromatic carbocycles. The third-order valence-electron chi connectivity index (χ3n) is 1.31. The molecule has 5 nitrogen and oxygen atoms in total. The van der Waals surface area contributed by atoms with Crippen molar-refractivity contribution in [3.63, 3.8) is 0 Å². The molecule has 0 bridgehead atoms. The van der Waals surface area contributed by atoms with E-state index in [4.69, 9.17) is 5.11 Å². The summed E-state index contributed by atoms with van der Waals surface area (Å²) in [5, 5.41) is 8.23. The lowest BCUT2D eigenvalue weighted by Gasteiger charge is -2.04. The standard InChI is InChI=1S/C6H11NO4/c1-4(6(10)11-7)2-3-5(8)9/h4H,2-3,7H2,1H3,(H,8,9). The van der Waals surface area contributed by atoms with E-state index in [1.54, 1.807) is 6.92 Å². The van der Waals surface area contributed by atoms with Crippen LogP contribution in [0.15, 0.2) is 0 Å². The van der Waals surface area contributed by atoms with Gasteiger partial charge in [0.2, 0.25) is 0 Å². The molecule has 1 atom stereocenters. The number of hydrogen-bond acceptors (Lipinski definition) is 4. The van der Waals surface area contributed by atoms with Crippen molar-refractivity contribution in [2.75, 3.05) is 0 Å². The summed E-state index contributed by atoms with van der Waals surface area (Å²) in [5.41, 5.74) is 0. The van der Waals surface area contributed by atoms with Crippen LogP contribution < -0.4 is 5.90 Å². The molecule has 64 valence electrons. The Hall–Kier alpha value is -1.10. The molecule has 0 radical (unpaired) electrons. The van der Waals surface area contributed by atoms with Crippen LogP contribution in [-0.2, 0) is 14.4 Å². The van der Waals surface area contributed by atoms with E-state index >= 15 is 0 Å². The molecular weight excluding hydrogens is 150 g/mol. The van der Waals surface area contributed by atoms with E-state index < -0.39 is 17.9 Å². The molecule has 0 aliphatic heterocycles. The highest BCUT2D eigenvalue weighted by Crippen LogP contribution is 2.05. The summed E-state index contributed by atoms with van der Waals surface area (Å²) < 4.78 is 0. The predicted molar refractivity (Wildman–Crippen MR) is 36.3 cm³/mol. The third-order valence-corrected chi connectivity index (χ3v) is 1.31. The van der Waals surface area contributed by atoms with E-state index in [2.05, 4.69) is 10.7 Å². The topological polar surface area (TPSA) is 89.6 Å². The van der Waals surface area contributed by atoms with Crippen LogP contribution in [0.3, 0.4) is 0 Å². The van der Waals surface area contributed by atoms with Gasteiger partial charge < -0.3 is 9.94 Å². The van der Waals surface area contributed by atoms with Gasteiger partial charge in [-0.3, -0.25) is 9.59 Å². The SMILES string of the molecule is CC(CCC(=O)O)C(=O)ON.